The van der Waals surface area contributed by atoms with Crippen LogP contribution in [0.3, 0.4) is 0 Å². The van der Waals surface area contributed by atoms with Crippen molar-refractivity contribution < 1.29 is 4.42 Å². The quantitative estimate of drug-likeness (QED) is 0.144. The van der Waals surface area contributed by atoms with Crippen molar-refractivity contribution in [2.24, 2.45) is 0 Å². The summed E-state index contributed by atoms with van der Waals surface area (Å²) in [7, 11) is 0. The first-order chi connectivity index (χ1) is 28.4. The molecule has 0 amide bonds. The summed E-state index contributed by atoms with van der Waals surface area (Å²) in [6, 6.07) is 67.4. The van der Waals surface area contributed by atoms with Crippen LogP contribution in [0.2, 0.25) is 0 Å². The minimum Gasteiger partial charge on any atom is -0.464 e. The molecule has 0 fully saturated rings. The lowest BCUT2D eigenvalue weighted by molar-refractivity contribution is 0.613. The van der Waals surface area contributed by atoms with Crippen LogP contribution in [0.1, 0.15) is 45.7 Å². The summed E-state index contributed by atoms with van der Waals surface area (Å²) in [4.78, 5) is 0. The Morgan fingerprint density at radius 1 is 0.448 bits per heavy atom. The average molecular weight is 748 g/mol. The fourth-order valence-electron chi connectivity index (χ4n) is 8.84. The molecule has 0 N–H and O–H groups in total. The Hall–Kier alpha value is -6.90. The van der Waals surface area contributed by atoms with Gasteiger partial charge in [-0.25, -0.2) is 0 Å². The molecule has 0 saturated carbocycles. The highest BCUT2D eigenvalue weighted by Gasteiger charge is 2.18. The summed E-state index contributed by atoms with van der Waals surface area (Å²) in [5, 5.41) is 3.74. The summed E-state index contributed by atoms with van der Waals surface area (Å²) in [6.45, 7) is 6.45. The largest absolute Gasteiger partial charge is 0.464 e. The lowest BCUT2D eigenvalue weighted by Crippen LogP contribution is -2.03. The number of aryl methyl sites for hydroxylation is 4. The SMILES string of the molecule is Cc1cccc(-n2c3ccc(C)cc3c3cc(-c4ccc(C(CCc5ccc(-c6ccccc6)cc5)c5ccc(-c6ccc7occ(C)c7c6)cc5)cc4)ccc32)c1. The highest BCUT2D eigenvalue weighted by Crippen LogP contribution is 2.38. The molecule has 1 atom stereocenters. The molecule has 2 heteroatoms. The smallest absolute Gasteiger partial charge is 0.134 e. The zero-order chi connectivity index (χ0) is 39.2. The van der Waals surface area contributed by atoms with Gasteiger partial charge in [0.2, 0.25) is 0 Å². The Morgan fingerprint density at radius 2 is 1.00 bits per heavy atom. The van der Waals surface area contributed by atoms with E-state index in [1.54, 1.807) is 0 Å². The van der Waals surface area contributed by atoms with Gasteiger partial charge in [-0.2, -0.15) is 0 Å². The van der Waals surface area contributed by atoms with E-state index in [4.69, 9.17) is 4.42 Å². The molecule has 280 valence electrons. The first-order valence-electron chi connectivity index (χ1n) is 20.4. The van der Waals surface area contributed by atoms with Gasteiger partial charge in [-0.3, -0.25) is 0 Å². The third-order valence-corrected chi connectivity index (χ3v) is 12.0. The molecular weight excluding hydrogens is 703 g/mol. The zero-order valence-electron chi connectivity index (χ0n) is 33.2. The van der Waals surface area contributed by atoms with E-state index < -0.39 is 0 Å². The molecule has 0 spiro atoms. The number of benzene rings is 8. The van der Waals surface area contributed by atoms with E-state index in [9.17, 15) is 0 Å². The van der Waals surface area contributed by atoms with Gasteiger partial charge >= 0.3 is 0 Å². The third kappa shape index (κ3) is 6.71. The average Bonchev–Trinajstić information content (AvgIpc) is 3.80. The van der Waals surface area contributed by atoms with Crippen LogP contribution in [0.15, 0.2) is 193 Å². The Morgan fingerprint density at radius 3 is 1.69 bits per heavy atom. The van der Waals surface area contributed by atoms with Crippen LogP contribution >= 0.6 is 0 Å². The predicted octanol–water partition coefficient (Wildman–Crippen LogP) is 15.2. The minimum absolute atomic E-state index is 0.244. The van der Waals surface area contributed by atoms with Gasteiger partial charge in [0.05, 0.1) is 17.3 Å². The van der Waals surface area contributed by atoms with Crippen molar-refractivity contribution in [2.75, 3.05) is 0 Å². The second kappa shape index (κ2) is 14.9. The normalized spacial score (nSPS) is 12.1. The van der Waals surface area contributed by atoms with E-state index >= 15 is 0 Å². The van der Waals surface area contributed by atoms with Gasteiger partial charge in [0, 0.05) is 27.8 Å². The summed E-state index contributed by atoms with van der Waals surface area (Å²) in [6.07, 6.45) is 3.83. The number of nitrogens with zero attached hydrogens (tertiary/aromatic N) is 1. The van der Waals surface area contributed by atoms with E-state index in [0.717, 1.165) is 24.0 Å². The molecule has 10 rings (SSSR count). The molecule has 0 bridgehead atoms. The van der Waals surface area contributed by atoms with Gasteiger partial charge in [0.25, 0.3) is 0 Å². The summed E-state index contributed by atoms with van der Waals surface area (Å²) in [5.41, 5.74) is 19.7. The Labute approximate surface area is 340 Å². The van der Waals surface area contributed by atoms with Crippen LogP contribution in [0.4, 0.5) is 0 Å². The van der Waals surface area contributed by atoms with Gasteiger partial charge in [-0.05, 0) is 143 Å². The second-order valence-electron chi connectivity index (χ2n) is 16.0. The van der Waals surface area contributed by atoms with Crippen molar-refractivity contribution in [2.45, 2.75) is 39.5 Å². The number of rotatable bonds is 9. The molecule has 58 heavy (non-hydrogen) atoms. The highest BCUT2D eigenvalue weighted by atomic mass is 16.3. The van der Waals surface area contributed by atoms with E-state index in [1.165, 1.54) is 94.1 Å². The van der Waals surface area contributed by atoms with Crippen molar-refractivity contribution in [3.8, 4) is 39.1 Å². The molecular formula is C56H45NO. The standard InChI is InChI=1S/C56H45NO/c1-37-8-7-11-49(32-37)57-54-29-12-38(2)33-52(54)53-35-47(26-30-55(53)57)43-18-22-45(23-19-43)50(28-15-40-13-16-42(17-14-40)41-9-5-4-6-10-41)46-24-20-44(21-25-46)48-27-31-56-51(34-48)39(3)36-58-56/h4-14,16-27,29-36,50H,15,28H2,1-3H3. The first kappa shape index (κ1) is 35.5. The molecule has 0 aliphatic rings. The maximum Gasteiger partial charge on any atom is 0.134 e. The Bertz CT molecular complexity index is 3050. The van der Waals surface area contributed by atoms with E-state index in [2.05, 4.69) is 207 Å². The third-order valence-electron chi connectivity index (χ3n) is 12.0. The summed E-state index contributed by atoms with van der Waals surface area (Å²) in [5.74, 6) is 0.244. The topological polar surface area (TPSA) is 18.1 Å². The van der Waals surface area contributed by atoms with E-state index in [1.807, 2.05) is 6.26 Å². The fraction of sp³-hybridized carbons (Fsp3) is 0.107. The number of aromatic nitrogens is 1. The number of hydrogen-bond acceptors (Lipinski definition) is 1. The molecule has 0 aliphatic carbocycles. The number of fused-ring (bicyclic) bond motifs is 4. The van der Waals surface area contributed by atoms with Crippen LogP contribution in [-0.4, -0.2) is 4.57 Å². The van der Waals surface area contributed by atoms with Gasteiger partial charge in [-0.15, -0.1) is 0 Å². The van der Waals surface area contributed by atoms with Crippen molar-refractivity contribution in [1.29, 1.82) is 0 Å². The van der Waals surface area contributed by atoms with E-state index in [-0.39, 0.29) is 5.92 Å². The van der Waals surface area contributed by atoms with Gasteiger partial charge < -0.3 is 8.98 Å². The fourth-order valence-corrected chi connectivity index (χ4v) is 8.84. The maximum atomic E-state index is 5.73. The number of hydrogen-bond donors (Lipinski definition) is 0. The van der Waals surface area contributed by atoms with Crippen molar-refractivity contribution in [3.63, 3.8) is 0 Å². The maximum absolute atomic E-state index is 5.73. The van der Waals surface area contributed by atoms with E-state index in [0.29, 0.717) is 0 Å². The molecule has 8 aromatic carbocycles. The van der Waals surface area contributed by atoms with Crippen molar-refractivity contribution in [1.82, 2.24) is 4.57 Å². The number of furan rings is 1. The van der Waals surface area contributed by atoms with Crippen LogP contribution in [0, 0.1) is 20.8 Å². The molecule has 2 aromatic heterocycles. The van der Waals surface area contributed by atoms with Crippen molar-refractivity contribution >= 4 is 32.8 Å². The Kier molecular flexibility index (Phi) is 9.11. The van der Waals surface area contributed by atoms with Gasteiger partial charge in [-0.1, -0.05) is 139 Å². The van der Waals surface area contributed by atoms with Crippen LogP contribution in [0.5, 0.6) is 0 Å². The molecule has 0 aliphatic heterocycles. The summed E-state index contributed by atoms with van der Waals surface area (Å²) < 4.78 is 8.14. The van der Waals surface area contributed by atoms with Crippen LogP contribution in [0.25, 0.3) is 71.8 Å². The lowest BCUT2D eigenvalue weighted by Gasteiger charge is -2.20. The van der Waals surface area contributed by atoms with Gasteiger partial charge in [0.1, 0.15) is 5.58 Å². The molecule has 0 saturated heterocycles. The molecule has 10 aromatic rings. The molecule has 2 nitrogen and oxygen atoms in total. The summed E-state index contributed by atoms with van der Waals surface area (Å²) >= 11 is 0. The lowest BCUT2D eigenvalue weighted by atomic mass is 9.85. The second-order valence-corrected chi connectivity index (χ2v) is 16.0. The zero-order valence-corrected chi connectivity index (χ0v) is 33.2. The minimum atomic E-state index is 0.244. The Balaban J connectivity index is 0.983. The first-order valence-corrected chi connectivity index (χ1v) is 20.4. The molecule has 0 radical (unpaired) electrons. The van der Waals surface area contributed by atoms with Crippen LogP contribution in [-0.2, 0) is 6.42 Å². The monoisotopic (exact) mass is 747 g/mol. The van der Waals surface area contributed by atoms with Crippen molar-refractivity contribution in [3.05, 3.63) is 222 Å². The van der Waals surface area contributed by atoms with Crippen LogP contribution < -0.4 is 0 Å². The molecule has 2 heterocycles. The highest BCUT2D eigenvalue weighted by molar-refractivity contribution is 6.10. The predicted molar refractivity (Wildman–Crippen MR) is 244 cm³/mol. The molecule has 1 unspecified atom stereocenters. The van der Waals surface area contributed by atoms with Gasteiger partial charge in [0.15, 0.2) is 0 Å².